The maximum absolute atomic E-state index is 12.8. The molecule has 0 radical (unpaired) electrons. The number of nitrogens with one attached hydrogen (secondary N) is 1. The lowest BCUT2D eigenvalue weighted by Gasteiger charge is -2.07. The fourth-order valence-corrected chi connectivity index (χ4v) is 1.74. The van der Waals surface area contributed by atoms with Crippen LogP contribution in [0.1, 0.15) is 19.5 Å². The molecule has 0 aliphatic heterocycles. The standard InChI is InChI=1S/C15H17FN2O3/c1-10(2)17-15(19)9-20-8-13-7-14(21-18-13)11-3-5-12(16)6-4-11/h3-7,10H,8-9H2,1-2H3,(H,17,19). The molecule has 1 heterocycles. The Kier molecular flexibility index (Phi) is 5.05. The van der Waals surface area contributed by atoms with Crippen molar-refractivity contribution in [2.45, 2.75) is 26.5 Å². The fraction of sp³-hybridized carbons (Fsp3) is 0.333. The minimum atomic E-state index is -0.307. The molecular formula is C15H17FN2O3. The number of aromatic nitrogens is 1. The van der Waals surface area contributed by atoms with E-state index in [1.165, 1.54) is 12.1 Å². The molecule has 0 saturated carbocycles. The van der Waals surface area contributed by atoms with Crippen LogP contribution in [0, 0.1) is 5.82 Å². The summed E-state index contributed by atoms with van der Waals surface area (Å²) in [6.07, 6.45) is 0. The van der Waals surface area contributed by atoms with Gasteiger partial charge in [-0.3, -0.25) is 4.79 Å². The molecule has 0 aliphatic rings. The van der Waals surface area contributed by atoms with E-state index in [1.807, 2.05) is 13.8 Å². The zero-order valence-corrected chi connectivity index (χ0v) is 11.9. The first-order valence-electron chi connectivity index (χ1n) is 6.63. The van der Waals surface area contributed by atoms with Crippen LogP contribution in [0.3, 0.4) is 0 Å². The molecule has 6 heteroatoms. The van der Waals surface area contributed by atoms with Crippen molar-refractivity contribution in [2.75, 3.05) is 6.61 Å². The number of halogens is 1. The number of rotatable bonds is 6. The van der Waals surface area contributed by atoms with Crippen molar-refractivity contribution in [3.63, 3.8) is 0 Å². The van der Waals surface area contributed by atoms with Gasteiger partial charge in [0.2, 0.25) is 5.91 Å². The van der Waals surface area contributed by atoms with E-state index in [0.717, 1.165) is 5.56 Å². The summed E-state index contributed by atoms with van der Waals surface area (Å²) in [5.74, 6) is 0.0467. The van der Waals surface area contributed by atoms with Gasteiger partial charge in [-0.1, -0.05) is 5.16 Å². The number of amides is 1. The fourth-order valence-electron chi connectivity index (χ4n) is 1.74. The predicted octanol–water partition coefficient (Wildman–Crippen LogP) is 2.52. The molecule has 1 aromatic heterocycles. The van der Waals surface area contributed by atoms with Gasteiger partial charge < -0.3 is 14.6 Å². The Labute approximate surface area is 122 Å². The first-order chi connectivity index (χ1) is 10.0. The van der Waals surface area contributed by atoms with E-state index >= 15 is 0 Å². The maximum atomic E-state index is 12.8. The smallest absolute Gasteiger partial charge is 0.246 e. The molecule has 0 fully saturated rings. The van der Waals surface area contributed by atoms with Gasteiger partial charge in [0.25, 0.3) is 0 Å². The summed E-state index contributed by atoms with van der Waals surface area (Å²) in [7, 11) is 0. The van der Waals surface area contributed by atoms with Crippen molar-refractivity contribution in [1.82, 2.24) is 10.5 Å². The van der Waals surface area contributed by atoms with Crippen LogP contribution in [0.15, 0.2) is 34.9 Å². The van der Waals surface area contributed by atoms with Crippen molar-refractivity contribution >= 4 is 5.91 Å². The lowest BCUT2D eigenvalue weighted by molar-refractivity contribution is -0.126. The van der Waals surface area contributed by atoms with Crippen LogP contribution in [0.4, 0.5) is 4.39 Å². The topological polar surface area (TPSA) is 64.4 Å². The van der Waals surface area contributed by atoms with Crippen LogP contribution in [0.25, 0.3) is 11.3 Å². The largest absolute Gasteiger partial charge is 0.365 e. The third-order valence-electron chi connectivity index (χ3n) is 2.62. The van der Waals surface area contributed by atoms with Crippen molar-refractivity contribution in [3.05, 3.63) is 41.8 Å². The van der Waals surface area contributed by atoms with E-state index in [4.69, 9.17) is 9.26 Å². The van der Waals surface area contributed by atoms with Crippen LogP contribution in [0.5, 0.6) is 0 Å². The average molecular weight is 292 g/mol. The van der Waals surface area contributed by atoms with E-state index in [2.05, 4.69) is 10.5 Å². The molecule has 0 aliphatic carbocycles. The van der Waals surface area contributed by atoms with Crippen LogP contribution in [-0.4, -0.2) is 23.7 Å². The van der Waals surface area contributed by atoms with Crippen LogP contribution in [-0.2, 0) is 16.1 Å². The van der Waals surface area contributed by atoms with Crippen molar-refractivity contribution in [2.24, 2.45) is 0 Å². The zero-order valence-electron chi connectivity index (χ0n) is 11.9. The Balaban J connectivity index is 1.86. The lowest BCUT2D eigenvalue weighted by atomic mass is 10.1. The second-order valence-electron chi connectivity index (χ2n) is 4.90. The van der Waals surface area contributed by atoms with E-state index < -0.39 is 0 Å². The normalized spacial score (nSPS) is 10.9. The summed E-state index contributed by atoms with van der Waals surface area (Å²) in [5, 5.41) is 6.57. The Hall–Kier alpha value is -2.21. The number of carbonyl (C=O) groups is 1. The third-order valence-corrected chi connectivity index (χ3v) is 2.62. The average Bonchev–Trinajstić information content (AvgIpc) is 2.87. The Morgan fingerprint density at radius 2 is 2.10 bits per heavy atom. The highest BCUT2D eigenvalue weighted by Crippen LogP contribution is 2.20. The number of ether oxygens (including phenoxy) is 1. The predicted molar refractivity (Wildman–Crippen MR) is 74.8 cm³/mol. The number of hydrogen-bond donors (Lipinski definition) is 1. The van der Waals surface area contributed by atoms with E-state index in [0.29, 0.717) is 11.5 Å². The van der Waals surface area contributed by atoms with Gasteiger partial charge in [0, 0.05) is 17.7 Å². The molecule has 0 bridgehead atoms. The molecule has 0 atom stereocenters. The summed E-state index contributed by atoms with van der Waals surface area (Å²) in [6, 6.07) is 7.70. The van der Waals surface area contributed by atoms with Gasteiger partial charge in [0.15, 0.2) is 5.76 Å². The molecule has 2 rings (SSSR count). The number of benzene rings is 1. The summed E-state index contributed by atoms with van der Waals surface area (Å²) >= 11 is 0. The van der Waals surface area contributed by atoms with Crippen LogP contribution < -0.4 is 5.32 Å². The highest BCUT2D eigenvalue weighted by atomic mass is 19.1. The van der Waals surface area contributed by atoms with Crippen LogP contribution in [0.2, 0.25) is 0 Å². The minimum absolute atomic E-state index is 0.0308. The summed E-state index contributed by atoms with van der Waals surface area (Å²) in [4.78, 5) is 11.4. The SMILES string of the molecule is CC(C)NC(=O)COCc1cc(-c2ccc(F)cc2)on1. The second-order valence-corrected chi connectivity index (χ2v) is 4.90. The molecule has 1 aromatic carbocycles. The first kappa shape index (κ1) is 15.2. The summed E-state index contributed by atoms with van der Waals surface area (Å²) in [6.45, 7) is 3.90. The van der Waals surface area contributed by atoms with Crippen molar-refractivity contribution in [3.8, 4) is 11.3 Å². The van der Waals surface area contributed by atoms with Gasteiger partial charge >= 0.3 is 0 Å². The van der Waals surface area contributed by atoms with Gasteiger partial charge in [-0.2, -0.15) is 0 Å². The molecule has 5 nitrogen and oxygen atoms in total. The number of nitrogens with zero attached hydrogens (tertiary/aromatic N) is 1. The van der Waals surface area contributed by atoms with Crippen molar-refractivity contribution < 1.29 is 18.4 Å². The quantitative estimate of drug-likeness (QED) is 0.888. The monoisotopic (exact) mass is 292 g/mol. The Morgan fingerprint density at radius 3 is 2.76 bits per heavy atom. The minimum Gasteiger partial charge on any atom is -0.365 e. The van der Waals surface area contributed by atoms with Crippen LogP contribution >= 0.6 is 0 Å². The zero-order chi connectivity index (χ0) is 15.2. The molecule has 0 saturated heterocycles. The van der Waals surface area contributed by atoms with Gasteiger partial charge in [0.1, 0.15) is 18.1 Å². The highest BCUT2D eigenvalue weighted by molar-refractivity contribution is 5.77. The lowest BCUT2D eigenvalue weighted by Crippen LogP contribution is -2.33. The molecular weight excluding hydrogens is 275 g/mol. The molecule has 0 spiro atoms. The van der Waals surface area contributed by atoms with Crippen molar-refractivity contribution in [1.29, 1.82) is 0 Å². The highest BCUT2D eigenvalue weighted by Gasteiger charge is 2.08. The molecule has 21 heavy (non-hydrogen) atoms. The molecule has 1 N–H and O–H groups in total. The van der Waals surface area contributed by atoms with Gasteiger partial charge in [0.05, 0.1) is 6.61 Å². The number of carbonyl (C=O) groups excluding carboxylic acids is 1. The Bertz CT molecular complexity index is 593. The van der Waals surface area contributed by atoms with Gasteiger partial charge in [-0.15, -0.1) is 0 Å². The molecule has 112 valence electrons. The molecule has 1 amide bonds. The number of hydrogen-bond acceptors (Lipinski definition) is 4. The summed E-state index contributed by atoms with van der Waals surface area (Å²) in [5.41, 5.74) is 1.30. The maximum Gasteiger partial charge on any atom is 0.246 e. The Morgan fingerprint density at radius 1 is 1.38 bits per heavy atom. The summed E-state index contributed by atoms with van der Waals surface area (Å²) < 4.78 is 23.3. The van der Waals surface area contributed by atoms with E-state index in [-0.39, 0.29) is 31.0 Å². The van der Waals surface area contributed by atoms with Gasteiger partial charge in [-0.25, -0.2) is 4.39 Å². The van der Waals surface area contributed by atoms with Gasteiger partial charge in [-0.05, 0) is 38.1 Å². The van der Waals surface area contributed by atoms with E-state index in [1.54, 1.807) is 18.2 Å². The molecule has 2 aromatic rings. The second kappa shape index (κ2) is 6.99. The van der Waals surface area contributed by atoms with E-state index in [9.17, 15) is 9.18 Å². The first-order valence-corrected chi connectivity index (χ1v) is 6.63. The molecule has 0 unspecified atom stereocenters. The third kappa shape index (κ3) is 4.68.